The zero-order valence-electron chi connectivity index (χ0n) is 15.7. The number of nitrogens with zero attached hydrogens (tertiary/aromatic N) is 4. The fourth-order valence-electron chi connectivity index (χ4n) is 3.46. The van der Waals surface area contributed by atoms with Crippen molar-refractivity contribution in [2.45, 2.75) is 46.3 Å². The fourth-order valence-corrected chi connectivity index (χ4v) is 3.46. The first kappa shape index (κ1) is 17.7. The Morgan fingerprint density at radius 3 is 2.64 bits per heavy atom. The quantitative estimate of drug-likeness (QED) is 0.840. The third-order valence-electron chi connectivity index (χ3n) is 4.91. The Balaban J connectivity index is 1.86. The van der Waals surface area contributed by atoms with Crippen LogP contribution in [0.15, 0.2) is 30.3 Å². The van der Waals surface area contributed by atoms with Crippen LogP contribution in [0.5, 0.6) is 0 Å². The van der Waals surface area contributed by atoms with Gasteiger partial charge in [-0.2, -0.15) is 0 Å². The number of rotatable bonds is 5. The maximum Gasteiger partial charge on any atom is 0.289 e. The molecule has 3 rings (SSSR count). The van der Waals surface area contributed by atoms with E-state index in [0.717, 1.165) is 31.7 Å². The van der Waals surface area contributed by atoms with Crippen molar-refractivity contribution < 1.29 is 4.79 Å². The largest absolute Gasteiger partial charge is 0.339 e. The van der Waals surface area contributed by atoms with E-state index in [9.17, 15) is 4.79 Å². The standard InChI is InChI=1S/C20H28N4O/c1-5-22(4)20(25)19-21-17-14-23(13-16-9-7-6-8-10-16)12-11-18(17)24(19)15(2)3/h6-10,15H,5,11-14H2,1-4H3. The van der Waals surface area contributed by atoms with Crippen LogP contribution in [-0.4, -0.2) is 45.4 Å². The molecule has 0 spiro atoms. The summed E-state index contributed by atoms with van der Waals surface area (Å²) in [4.78, 5) is 21.6. The van der Waals surface area contributed by atoms with E-state index in [-0.39, 0.29) is 11.9 Å². The number of fused-ring (bicyclic) bond motifs is 1. The van der Waals surface area contributed by atoms with Gasteiger partial charge >= 0.3 is 0 Å². The molecular formula is C20H28N4O. The van der Waals surface area contributed by atoms with E-state index in [4.69, 9.17) is 4.98 Å². The van der Waals surface area contributed by atoms with Gasteiger partial charge in [-0.1, -0.05) is 30.3 Å². The van der Waals surface area contributed by atoms with Crippen LogP contribution >= 0.6 is 0 Å². The van der Waals surface area contributed by atoms with Crippen molar-refractivity contribution in [2.75, 3.05) is 20.1 Å². The van der Waals surface area contributed by atoms with Gasteiger partial charge < -0.3 is 9.47 Å². The number of carbonyl (C=O) groups is 1. The molecule has 0 fully saturated rings. The lowest BCUT2D eigenvalue weighted by molar-refractivity contribution is 0.0783. The first-order valence-electron chi connectivity index (χ1n) is 9.13. The predicted molar refractivity (Wildman–Crippen MR) is 99.5 cm³/mol. The molecule has 0 unspecified atom stereocenters. The van der Waals surface area contributed by atoms with Crippen molar-refractivity contribution in [2.24, 2.45) is 0 Å². The van der Waals surface area contributed by atoms with E-state index < -0.39 is 0 Å². The summed E-state index contributed by atoms with van der Waals surface area (Å²) in [5.41, 5.74) is 3.60. The molecule has 0 N–H and O–H groups in total. The summed E-state index contributed by atoms with van der Waals surface area (Å²) in [7, 11) is 1.84. The summed E-state index contributed by atoms with van der Waals surface area (Å²) in [6, 6.07) is 10.8. The van der Waals surface area contributed by atoms with E-state index in [1.165, 1.54) is 11.3 Å². The highest BCUT2D eigenvalue weighted by Gasteiger charge is 2.28. The molecule has 1 aliphatic rings. The van der Waals surface area contributed by atoms with Crippen LogP contribution in [0.1, 0.15) is 54.4 Å². The summed E-state index contributed by atoms with van der Waals surface area (Å²) >= 11 is 0. The number of hydrogen-bond donors (Lipinski definition) is 0. The molecule has 0 atom stereocenters. The lowest BCUT2D eigenvalue weighted by Crippen LogP contribution is -2.31. The van der Waals surface area contributed by atoms with E-state index in [0.29, 0.717) is 12.4 Å². The second kappa shape index (κ2) is 7.40. The summed E-state index contributed by atoms with van der Waals surface area (Å²) in [6.07, 6.45) is 0.941. The van der Waals surface area contributed by atoms with Gasteiger partial charge in [-0.3, -0.25) is 9.69 Å². The molecule has 5 heteroatoms. The van der Waals surface area contributed by atoms with Crippen molar-refractivity contribution in [3.63, 3.8) is 0 Å². The van der Waals surface area contributed by atoms with Crippen LogP contribution in [0.25, 0.3) is 0 Å². The number of aromatic nitrogens is 2. The minimum absolute atomic E-state index is 0.0141. The summed E-state index contributed by atoms with van der Waals surface area (Å²) < 4.78 is 2.14. The average Bonchev–Trinajstić information content (AvgIpc) is 3.00. The minimum atomic E-state index is 0.0141. The Hall–Kier alpha value is -2.14. The number of hydrogen-bond acceptors (Lipinski definition) is 3. The summed E-state index contributed by atoms with van der Waals surface area (Å²) in [6.45, 7) is 9.66. The van der Waals surface area contributed by atoms with Crippen LogP contribution in [-0.2, 0) is 19.5 Å². The molecular weight excluding hydrogens is 312 g/mol. The molecule has 0 saturated heterocycles. The van der Waals surface area contributed by atoms with Crippen LogP contribution < -0.4 is 0 Å². The molecule has 134 valence electrons. The number of benzene rings is 1. The van der Waals surface area contributed by atoms with Crippen molar-refractivity contribution in [3.8, 4) is 0 Å². The minimum Gasteiger partial charge on any atom is -0.339 e. The lowest BCUT2D eigenvalue weighted by atomic mass is 10.1. The van der Waals surface area contributed by atoms with Gasteiger partial charge in [0.25, 0.3) is 5.91 Å². The van der Waals surface area contributed by atoms with Gasteiger partial charge in [-0.05, 0) is 26.3 Å². The molecule has 25 heavy (non-hydrogen) atoms. The van der Waals surface area contributed by atoms with Gasteiger partial charge in [0.1, 0.15) is 0 Å². The van der Waals surface area contributed by atoms with Crippen molar-refractivity contribution in [3.05, 3.63) is 53.1 Å². The molecule has 0 aliphatic carbocycles. The molecule has 2 heterocycles. The predicted octanol–water partition coefficient (Wildman–Crippen LogP) is 3.11. The molecule has 2 aromatic rings. The zero-order valence-corrected chi connectivity index (χ0v) is 15.7. The Morgan fingerprint density at radius 2 is 2.00 bits per heavy atom. The van der Waals surface area contributed by atoms with Crippen LogP contribution in [0, 0.1) is 0 Å². The second-order valence-electron chi connectivity index (χ2n) is 7.06. The molecule has 1 aromatic carbocycles. The average molecular weight is 340 g/mol. The molecule has 0 saturated carbocycles. The van der Waals surface area contributed by atoms with Crippen LogP contribution in [0.3, 0.4) is 0 Å². The van der Waals surface area contributed by atoms with E-state index in [2.05, 4.69) is 47.6 Å². The molecule has 1 aromatic heterocycles. The highest BCUT2D eigenvalue weighted by atomic mass is 16.2. The van der Waals surface area contributed by atoms with Gasteiger partial charge in [0.2, 0.25) is 0 Å². The highest BCUT2D eigenvalue weighted by Crippen LogP contribution is 2.25. The maximum atomic E-state index is 12.7. The Kier molecular flexibility index (Phi) is 5.23. The molecule has 1 aliphatic heterocycles. The first-order valence-corrected chi connectivity index (χ1v) is 9.13. The molecule has 5 nitrogen and oxygen atoms in total. The monoisotopic (exact) mass is 340 g/mol. The third-order valence-corrected chi connectivity index (χ3v) is 4.91. The Morgan fingerprint density at radius 1 is 1.28 bits per heavy atom. The van der Waals surface area contributed by atoms with Gasteiger partial charge in [0.05, 0.1) is 5.69 Å². The first-order chi connectivity index (χ1) is 12.0. The zero-order chi connectivity index (χ0) is 18.0. The van der Waals surface area contributed by atoms with E-state index in [1.807, 2.05) is 20.0 Å². The van der Waals surface area contributed by atoms with Crippen LogP contribution in [0.4, 0.5) is 0 Å². The molecule has 0 bridgehead atoms. The van der Waals surface area contributed by atoms with Gasteiger partial charge in [0, 0.05) is 51.4 Å². The van der Waals surface area contributed by atoms with Gasteiger partial charge in [0.15, 0.2) is 5.82 Å². The number of amides is 1. The Labute approximate surface area is 150 Å². The highest BCUT2D eigenvalue weighted by molar-refractivity contribution is 5.91. The molecule has 1 amide bonds. The fraction of sp³-hybridized carbons (Fsp3) is 0.500. The maximum absolute atomic E-state index is 12.7. The smallest absolute Gasteiger partial charge is 0.289 e. The van der Waals surface area contributed by atoms with Crippen LogP contribution in [0.2, 0.25) is 0 Å². The van der Waals surface area contributed by atoms with Crippen molar-refractivity contribution in [1.82, 2.24) is 19.4 Å². The lowest BCUT2D eigenvalue weighted by Gasteiger charge is -2.27. The van der Waals surface area contributed by atoms with Gasteiger partial charge in [-0.15, -0.1) is 0 Å². The van der Waals surface area contributed by atoms with Gasteiger partial charge in [-0.25, -0.2) is 4.98 Å². The third kappa shape index (κ3) is 3.61. The SMILES string of the molecule is CCN(C)C(=O)c1nc2c(n1C(C)C)CCN(Cc1ccccc1)C2. The van der Waals surface area contributed by atoms with Crippen molar-refractivity contribution >= 4 is 5.91 Å². The number of imidazole rings is 1. The topological polar surface area (TPSA) is 41.4 Å². The summed E-state index contributed by atoms with van der Waals surface area (Å²) in [5.74, 6) is 0.603. The number of carbonyl (C=O) groups excluding carboxylic acids is 1. The molecule has 0 radical (unpaired) electrons. The van der Waals surface area contributed by atoms with Crippen molar-refractivity contribution in [1.29, 1.82) is 0 Å². The second-order valence-corrected chi connectivity index (χ2v) is 7.06. The Bertz CT molecular complexity index is 736. The summed E-state index contributed by atoms with van der Waals surface area (Å²) in [5, 5.41) is 0. The normalized spacial score (nSPS) is 14.6. The van der Waals surface area contributed by atoms with E-state index >= 15 is 0 Å². The van der Waals surface area contributed by atoms with E-state index in [1.54, 1.807) is 4.90 Å².